The van der Waals surface area contributed by atoms with Crippen LogP contribution in [0.15, 0.2) is 40.3 Å². The topological polar surface area (TPSA) is 31.6 Å². The summed E-state index contributed by atoms with van der Waals surface area (Å²) in [4.78, 5) is 0. The Hall–Kier alpha value is -1.58. The quantitative estimate of drug-likeness (QED) is 0.780. The molecule has 104 valence electrons. The minimum Gasteiger partial charge on any atom is -0.457 e. The third-order valence-corrected chi connectivity index (χ3v) is 4.26. The van der Waals surface area contributed by atoms with Gasteiger partial charge in [0.1, 0.15) is 11.3 Å². The molecule has 2 heterocycles. The van der Waals surface area contributed by atoms with Gasteiger partial charge in [-0.05, 0) is 31.1 Å². The van der Waals surface area contributed by atoms with Crippen molar-refractivity contribution < 1.29 is 13.9 Å². The van der Waals surface area contributed by atoms with Crippen molar-refractivity contribution in [1.29, 1.82) is 0 Å². The van der Waals surface area contributed by atoms with Crippen molar-refractivity contribution in [3.8, 4) is 0 Å². The van der Waals surface area contributed by atoms with E-state index in [0.29, 0.717) is 0 Å². The molecule has 0 amide bonds. The third kappa shape index (κ3) is 2.17. The largest absolute Gasteiger partial charge is 0.457 e. The highest BCUT2D eigenvalue weighted by Crippen LogP contribution is 2.38. The van der Waals surface area contributed by atoms with E-state index in [1.165, 1.54) is 5.57 Å². The van der Waals surface area contributed by atoms with Crippen LogP contribution >= 0.6 is 0 Å². The van der Waals surface area contributed by atoms with E-state index in [0.717, 1.165) is 55.6 Å². The number of furan rings is 1. The maximum absolute atomic E-state index is 5.85. The van der Waals surface area contributed by atoms with E-state index in [1.807, 2.05) is 18.2 Å². The Bertz CT molecular complexity index is 602. The van der Waals surface area contributed by atoms with Crippen molar-refractivity contribution in [3.05, 3.63) is 41.7 Å². The van der Waals surface area contributed by atoms with Crippen molar-refractivity contribution in [3.63, 3.8) is 0 Å². The summed E-state index contributed by atoms with van der Waals surface area (Å²) in [6.45, 7) is 1.48. The highest BCUT2D eigenvalue weighted by molar-refractivity contribution is 5.79. The first-order valence-electron chi connectivity index (χ1n) is 7.29. The van der Waals surface area contributed by atoms with Crippen LogP contribution in [0.5, 0.6) is 0 Å². The first-order chi connectivity index (χ1) is 9.83. The maximum atomic E-state index is 5.85. The SMILES string of the molecule is C(=C1CCC2(CC1)OCCO2)c1cc2ccccc2o1. The molecule has 0 atom stereocenters. The molecule has 3 heteroatoms. The van der Waals surface area contributed by atoms with E-state index >= 15 is 0 Å². The molecule has 20 heavy (non-hydrogen) atoms. The van der Waals surface area contributed by atoms with Gasteiger partial charge in [0.15, 0.2) is 5.79 Å². The van der Waals surface area contributed by atoms with Crippen molar-refractivity contribution in [2.75, 3.05) is 13.2 Å². The summed E-state index contributed by atoms with van der Waals surface area (Å²) >= 11 is 0. The summed E-state index contributed by atoms with van der Waals surface area (Å²) in [5.41, 5.74) is 2.38. The Balaban J connectivity index is 1.53. The monoisotopic (exact) mass is 270 g/mol. The molecule has 0 N–H and O–H groups in total. The Morgan fingerprint density at radius 2 is 1.75 bits per heavy atom. The third-order valence-electron chi connectivity index (χ3n) is 4.26. The molecule has 1 saturated heterocycles. The fraction of sp³-hybridized carbons (Fsp3) is 0.412. The van der Waals surface area contributed by atoms with Gasteiger partial charge < -0.3 is 13.9 Å². The lowest BCUT2D eigenvalue weighted by molar-refractivity contribution is -0.171. The van der Waals surface area contributed by atoms with Gasteiger partial charge in [-0.1, -0.05) is 23.8 Å². The molecule has 1 aliphatic carbocycles. The number of para-hydroxylation sites is 1. The standard InChI is InChI=1S/C17H18O3/c1-2-4-16-14(3-1)12-15(20-16)11-13-5-7-17(8-6-13)18-9-10-19-17/h1-4,11-12H,5-10H2. The molecule has 1 aromatic heterocycles. The first kappa shape index (κ1) is 12.2. The number of hydrogen-bond donors (Lipinski definition) is 0. The van der Waals surface area contributed by atoms with Crippen molar-refractivity contribution in [1.82, 2.24) is 0 Å². The van der Waals surface area contributed by atoms with Gasteiger partial charge in [-0.2, -0.15) is 0 Å². The van der Waals surface area contributed by atoms with Gasteiger partial charge in [-0.25, -0.2) is 0 Å². The zero-order chi connectivity index (χ0) is 13.4. The molecule has 1 spiro atoms. The first-order valence-corrected chi connectivity index (χ1v) is 7.29. The normalized spacial score (nSPS) is 21.7. The molecule has 0 bridgehead atoms. The molecule has 1 aromatic carbocycles. The van der Waals surface area contributed by atoms with Crippen LogP contribution in [0, 0.1) is 0 Å². The van der Waals surface area contributed by atoms with Crippen LogP contribution in [-0.4, -0.2) is 19.0 Å². The Labute approximate surface area is 118 Å². The van der Waals surface area contributed by atoms with Crippen LogP contribution in [0.3, 0.4) is 0 Å². The zero-order valence-corrected chi connectivity index (χ0v) is 11.4. The minimum atomic E-state index is -0.286. The summed E-state index contributed by atoms with van der Waals surface area (Å²) in [5.74, 6) is 0.663. The van der Waals surface area contributed by atoms with Crippen molar-refractivity contribution >= 4 is 17.0 Å². The number of rotatable bonds is 1. The second-order valence-electron chi connectivity index (χ2n) is 5.60. The molecular formula is C17H18O3. The number of benzene rings is 1. The average molecular weight is 270 g/mol. The van der Waals surface area contributed by atoms with Gasteiger partial charge in [0.05, 0.1) is 13.2 Å². The Morgan fingerprint density at radius 3 is 2.50 bits per heavy atom. The average Bonchev–Trinajstić information content (AvgIpc) is 3.08. The van der Waals surface area contributed by atoms with Gasteiger partial charge >= 0.3 is 0 Å². The van der Waals surface area contributed by atoms with Crippen LogP contribution in [0.2, 0.25) is 0 Å². The molecule has 0 radical (unpaired) electrons. The molecule has 4 rings (SSSR count). The predicted octanol–water partition coefficient (Wildman–Crippen LogP) is 4.13. The van der Waals surface area contributed by atoms with E-state index in [1.54, 1.807) is 0 Å². The van der Waals surface area contributed by atoms with E-state index in [-0.39, 0.29) is 5.79 Å². The lowest BCUT2D eigenvalue weighted by atomic mass is 9.89. The molecule has 0 unspecified atom stereocenters. The van der Waals surface area contributed by atoms with E-state index < -0.39 is 0 Å². The van der Waals surface area contributed by atoms with Crippen LogP contribution in [0.4, 0.5) is 0 Å². The van der Waals surface area contributed by atoms with Crippen LogP contribution in [0.1, 0.15) is 31.4 Å². The van der Waals surface area contributed by atoms with Crippen LogP contribution in [-0.2, 0) is 9.47 Å². The highest BCUT2D eigenvalue weighted by atomic mass is 16.7. The fourth-order valence-electron chi connectivity index (χ4n) is 3.16. The van der Waals surface area contributed by atoms with E-state index in [9.17, 15) is 0 Å². The van der Waals surface area contributed by atoms with Crippen LogP contribution < -0.4 is 0 Å². The second kappa shape index (κ2) is 4.76. The van der Waals surface area contributed by atoms with Gasteiger partial charge in [0, 0.05) is 18.2 Å². The number of allylic oxidation sites excluding steroid dienone is 1. The van der Waals surface area contributed by atoms with Gasteiger partial charge in [-0.15, -0.1) is 0 Å². The minimum absolute atomic E-state index is 0.286. The zero-order valence-electron chi connectivity index (χ0n) is 11.4. The smallest absolute Gasteiger partial charge is 0.169 e. The molecule has 1 saturated carbocycles. The van der Waals surface area contributed by atoms with Crippen molar-refractivity contribution in [2.24, 2.45) is 0 Å². The Morgan fingerprint density at radius 1 is 1.00 bits per heavy atom. The van der Waals surface area contributed by atoms with Gasteiger partial charge in [0.2, 0.25) is 0 Å². The molecule has 2 aromatic rings. The maximum Gasteiger partial charge on any atom is 0.169 e. The molecule has 2 aliphatic rings. The lowest BCUT2D eigenvalue weighted by Gasteiger charge is -2.32. The van der Waals surface area contributed by atoms with Crippen LogP contribution in [0.25, 0.3) is 17.0 Å². The summed E-state index contributed by atoms with van der Waals surface area (Å²) in [5, 5.41) is 1.16. The lowest BCUT2D eigenvalue weighted by Crippen LogP contribution is -2.33. The highest BCUT2D eigenvalue weighted by Gasteiger charge is 2.38. The molecule has 2 fully saturated rings. The Kier molecular flexibility index (Phi) is 2.90. The second-order valence-corrected chi connectivity index (χ2v) is 5.60. The van der Waals surface area contributed by atoms with Crippen molar-refractivity contribution in [2.45, 2.75) is 31.5 Å². The number of fused-ring (bicyclic) bond motifs is 1. The molecule has 1 aliphatic heterocycles. The number of hydrogen-bond acceptors (Lipinski definition) is 3. The molecule has 3 nitrogen and oxygen atoms in total. The molecular weight excluding hydrogens is 252 g/mol. The summed E-state index contributed by atoms with van der Waals surface area (Å²) in [6.07, 6.45) is 6.15. The van der Waals surface area contributed by atoms with E-state index in [4.69, 9.17) is 13.9 Å². The summed E-state index contributed by atoms with van der Waals surface area (Å²) < 4.78 is 17.4. The van der Waals surface area contributed by atoms with E-state index in [2.05, 4.69) is 18.2 Å². The van der Waals surface area contributed by atoms with Gasteiger partial charge in [0.25, 0.3) is 0 Å². The summed E-state index contributed by atoms with van der Waals surface area (Å²) in [6, 6.07) is 10.2. The summed E-state index contributed by atoms with van der Waals surface area (Å²) in [7, 11) is 0. The number of ether oxygens (including phenoxy) is 2. The van der Waals surface area contributed by atoms with Gasteiger partial charge in [-0.3, -0.25) is 0 Å². The predicted molar refractivity (Wildman–Crippen MR) is 77.3 cm³/mol. The fourth-order valence-corrected chi connectivity index (χ4v) is 3.16.